The second-order valence-corrected chi connectivity index (χ2v) is 6.80. The Morgan fingerprint density at radius 2 is 1.55 bits per heavy atom. The topological polar surface area (TPSA) is 58.6 Å². The van der Waals surface area contributed by atoms with Gasteiger partial charge >= 0.3 is 0 Å². The van der Waals surface area contributed by atoms with Crippen LogP contribution in [0.1, 0.15) is 31.8 Å². The first-order valence-electron chi connectivity index (χ1n) is 9.34. The van der Waals surface area contributed by atoms with Crippen molar-refractivity contribution in [2.45, 2.75) is 13.5 Å². The molecule has 0 fully saturated rings. The fourth-order valence-corrected chi connectivity index (χ4v) is 3.21. The molecule has 0 saturated heterocycles. The van der Waals surface area contributed by atoms with Crippen molar-refractivity contribution in [1.29, 1.82) is 0 Å². The van der Waals surface area contributed by atoms with E-state index in [2.05, 4.69) is 5.32 Å². The molecule has 0 aliphatic carbocycles. The van der Waals surface area contributed by atoms with Crippen LogP contribution in [-0.4, -0.2) is 30.9 Å². The number of anilines is 1. The molecule has 0 saturated carbocycles. The summed E-state index contributed by atoms with van der Waals surface area (Å²) in [4.78, 5) is 27.5. The minimum atomic E-state index is -0.323. The molecular weight excluding hydrogens is 364 g/mol. The lowest BCUT2D eigenvalue weighted by molar-refractivity contribution is 0.0786. The van der Waals surface area contributed by atoms with Crippen molar-refractivity contribution in [2.24, 2.45) is 0 Å². The first-order valence-corrected chi connectivity index (χ1v) is 9.34. The molecule has 2 amide bonds. The summed E-state index contributed by atoms with van der Waals surface area (Å²) in [6.45, 7) is 2.36. The van der Waals surface area contributed by atoms with Gasteiger partial charge in [-0.2, -0.15) is 0 Å². The first kappa shape index (κ1) is 20.1. The van der Waals surface area contributed by atoms with Gasteiger partial charge < -0.3 is 15.0 Å². The number of methoxy groups -OCH3 is 1. The van der Waals surface area contributed by atoms with Crippen molar-refractivity contribution in [1.82, 2.24) is 4.90 Å². The van der Waals surface area contributed by atoms with Crippen molar-refractivity contribution >= 4 is 17.5 Å². The summed E-state index contributed by atoms with van der Waals surface area (Å²) in [6, 6.07) is 22.2. The molecule has 5 nitrogen and oxygen atoms in total. The maximum atomic E-state index is 13.0. The number of carbonyl (C=O) groups is 2. The molecule has 29 heavy (non-hydrogen) atoms. The molecule has 3 aromatic rings. The van der Waals surface area contributed by atoms with Crippen LogP contribution in [-0.2, 0) is 6.54 Å². The lowest BCUT2D eigenvalue weighted by Crippen LogP contribution is -2.27. The number of nitrogens with one attached hydrogen (secondary N) is 1. The minimum absolute atomic E-state index is 0.166. The summed E-state index contributed by atoms with van der Waals surface area (Å²) in [5, 5.41) is 2.86. The average Bonchev–Trinajstić information content (AvgIpc) is 2.74. The molecular formula is C24H24N2O3. The van der Waals surface area contributed by atoms with Crippen LogP contribution in [0.25, 0.3) is 0 Å². The summed E-state index contributed by atoms with van der Waals surface area (Å²) < 4.78 is 5.38. The van der Waals surface area contributed by atoms with E-state index in [9.17, 15) is 9.59 Å². The van der Waals surface area contributed by atoms with E-state index in [0.29, 0.717) is 29.1 Å². The van der Waals surface area contributed by atoms with Crippen molar-refractivity contribution in [3.8, 4) is 5.75 Å². The number of ether oxygens (including phenoxy) is 1. The summed E-state index contributed by atoms with van der Waals surface area (Å²) in [6.07, 6.45) is 0. The van der Waals surface area contributed by atoms with E-state index >= 15 is 0 Å². The van der Waals surface area contributed by atoms with E-state index in [0.717, 1.165) is 11.1 Å². The number of rotatable bonds is 6. The molecule has 0 heterocycles. The van der Waals surface area contributed by atoms with E-state index in [1.807, 2.05) is 43.3 Å². The van der Waals surface area contributed by atoms with Gasteiger partial charge in [0.2, 0.25) is 0 Å². The zero-order chi connectivity index (χ0) is 20.8. The van der Waals surface area contributed by atoms with E-state index in [4.69, 9.17) is 4.74 Å². The second-order valence-electron chi connectivity index (χ2n) is 6.80. The Labute approximate surface area is 170 Å². The fourth-order valence-electron chi connectivity index (χ4n) is 3.21. The number of carbonyl (C=O) groups excluding carboxylic acids is 2. The van der Waals surface area contributed by atoms with Gasteiger partial charge in [-0.05, 0) is 36.2 Å². The van der Waals surface area contributed by atoms with E-state index in [1.165, 1.54) is 7.11 Å². The smallest absolute Gasteiger partial charge is 0.259 e. The maximum Gasteiger partial charge on any atom is 0.259 e. The van der Waals surface area contributed by atoms with Crippen molar-refractivity contribution in [3.05, 3.63) is 95.1 Å². The molecule has 0 radical (unpaired) electrons. The SMILES string of the molecule is COc1c(C)cccc1C(=O)Nc1ccccc1C(=O)N(C)Cc1ccccc1. The highest BCUT2D eigenvalue weighted by atomic mass is 16.5. The zero-order valence-electron chi connectivity index (χ0n) is 16.8. The standard InChI is InChI=1S/C24H24N2O3/c1-17-10-9-14-20(22(17)29-3)23(27)25-21-15-8-7-13-19(21)24(28)26(2)16-18-11-5-4-6-12-18/h4-15H,16H2,1-3H3,(H,25,27). The summed E-state index contributed by atoms with van der Waals surface area (Å²) in [5.74, 6) is 0.0347. The molecule has 0 aliphatic rings. The van der Waals surface area contributed by atoms with Crippen LogP contribution in [0.5, 0.6) is 5.75 Å². The van der Waals surface area contributed by atoms with Crippen molar-refractivity contribution in [3.63, 3.8) is 0 Å². The van der Waals surface area contributed by atoms with E-state index in [-0.39, 0.29) is 11.8 Å². The fraction of sp³-hybridized carbons (Fsp3) is 0.167. The summed E-state index contributed by atoms with van der Waals surface area (Å²) in [7, 11) is 3.28. The third-order valence-electron chi connectivity index (χ3n) is 4.68. The van der Waals surface area contributed by atoms with Crippen LogP contribution in [0.15, 0.2) is 72.8 Å². The molecule has 0 atom stereocenters. The molecule has 0 aliphatic heterocycles. The predicted octanol–water partition coefficient (Wildman–Crippen LogP) is 4.53. The predicted molar refractivity (Wildman–Crippen MR) is 114 cm³/mol. The van der Waals surface area contributed by atoms with Gasteiger partial charge in [-0.25, -0.2) is 0 Å². The van der Waals surface area contributed by atoms with Gasteiger partial charge in [0, 0.05) is 13.6 Å². The molecule has 0 spiro atoms. The molecule has 148 valence electrons. The molecule has 3 aromatic carbocycles. The number of hydrogen-bond donors (Lipinski definition) is 1. The van der Waals surface area contributed by atoms with Crippen molar-refractivity contribution in [2.75, 3.05) is 19.5 Å². The lowest BCUT2D eigenvalue weighted by Gasteiger charge is -2.20. The van der Waals surface area contributed by atoms with Crippen molar-refractivity contribution < 1.29 is 14.3 Å². The highest BCUT2D eigenvalue weighted by molar-refractivity contribution is 6.10. The largest absolute Gasteiger partial charge is 0.496 e. The van der Waals surface area contributed by atoms with Crippen LogP contribution < -0.4 is 10.1 Å². The quantitative estimate of drug-likeness (QED) is 0.675. The van der Waals surface area contributed by atoms with Gasteiger partial charge in [0.1, 0.15) is 5.75 Å². The molecule has 5 heteroatoms. The average molecular weight is 388 g/mol. The Balaban J connectivity index is 1.83. The van der Waals surface area contributed by atoms with Gasteiger partial charge in [0.25, 0.3) is 11.8 Å². The first-order chi connectivity index (χ1) is 14.0. The number of nitrogens with zero attached hydrogens (tertiary/aromatic N) is 1. The Bertz CT molecular complexity index is 1020. The van der Waals surface area contributed by atoms with Crippen LogP contribution in [0.4, 0.5) is 5.69 Å². The number of aryl methyl sites for hydroxylation is 1. The highest BCUT2D eigenvalue weighted by Crippen LogP contribution is 2.25. The number of hydrogen-bond acceptors (Lipinski definition) is 3. The van der Waals surface area contributed by atoms with Gasteiger partial charge in [-0.1, -0.05) is 54.6 Å². The molecule has 0 unspecified atom stereocenters. The Hall–Kier alpha value is -3.60. The monoisotopic (exact) mass is 388 g/mol. The molecule has 0 bridgehead atoms. The van der Waals surface area contributed by atoms with E-state index in [1.54, 1.807) is 48.3 Å². The normalized spacial score (nSPS) is 10.3. The highest BCUT2D eigenvalue weighted by Gasteiger charge is 2.19. The molecule has 0 aromatic heterocycles. The van der Waals surface area contributed by atoms with Gasteiger partial charge in [0.05, 0.1) is 23.9 Å². The molecule has 1 N–H and O–H groups in total. The Morgan fingerprint density at radius 3 is 2.28 bits per heavy atom. The third-order valence-corrected chi connectivity index (χ3v) is 4.68. The second kappa shape index (κ2) is 9.06. The summed E-state index contributed by atoms with van der Waals surface area (Å²) >= 11 is 0. The Kier molecular flexibility index (Phi) is 6.29. The summed E-state index contributed by atoms with van der Waals surface area (Å²) in [5.41, 5.74) is 3.23. The third kappa shape index (κ3) is 4.63. The van der Waals surface area contributed by atoms with Crippen LogP contribution in [0, 0.1) is 6.92 Å². The van der Waals surface area contributed by atoms with E-state index < -0.39 is 0 Å². The minimum Gasteiger partial charge on any atom is -0.496 e. The van der Waals surface area contributed by atoms with Gasteiger partial charge in [-0.3, -0.25) is 9.59 Å². The van der Waals surface area contributed by atoms with Gasteiger partial charge in [0.15, 0.2) is 0 Å². The maximum absolute atomic E-state index is 13.0. The number of para-hydroxylation sites is 2. The number of amides is 2. The van der Waals surface area contributed by atoms with Crippen LogP contribution in [0.2, 0.25) is 0 Å². The molecule has 3 rings (SSSR count). The van der Waals surface area contributed by atoms with Gasteiger partial charge in [-0.15, -0.1) is 0 Å². The lowest BCUT2D eigenvalue weighted by atomic mass is 10.1. The zero-order valence-corrected chi connectivity index (χ0v) is 16.8. The van der Waals surface area contributed by atoms with Crippen LogP contribution >= 0.6 is 0 Å². The van der Waals surface area contributed by atoms with Crippen LogP contribution in [0.3, 0.4) is 0 Å². The Morgan fingerprint density at radius 1 is 0.897 bits per heavy atom. The number of benzene rings is 3.